The number of hydrogen-bond acceptors (Lipinski definition) is 3. The van der Waals surface area contributed by atoms with Gasteiger partial charge >= 0.3 is 12.0 Å². The lowest BCUT2D eigenvalue weighted by molar-refractivity contribution is -0.141. The highest BCUT2D eigenvalue weighted by Gasteiger charge is 2.05. The van der Waals surface area contributed by atoms with Gasteiger partial charge in [-0.1, -0.05) is 12.1 Å². The van der Waals surface area contributed by atoms with E-state index in [1.54, 1.807) is 19.1 Å². The number of ether oxygens (including phenoxy) is 1. The number of urea groups is 1. The number of benzene rings is 1. The highest BCUT2D eigenvalue weighted by molar-refractivity contribution is 5.80. The first-order valence-electron chi connectivity index (χ1n) is 5.53. The molecule has 0 bridgehead atoms. The van der Waals surface area contributed by atoms with Gasteiger partial charge in [0.05, 0.1) is 6.61 Å². The molecule has 0 aliphatic heterocycles. The van der Waals surface area contributed by atoms with E-state index in [1.165, 1.54) is 12.1 Å². The number of rotatable bonds is 5. The van der Waals surface area contributed by atoms with E-state index < -0.39 is 12.0 Å². The Balaban J connectivity index is 2.24. The zero-order valence-electron chi connectivity index (χ0n) is 10.0. The van der Waals surface area contributed by atoms with Gasteiger partial charge < -0.3 is 15.4 Å². The number of esters is 1. The third kappa shape index (κ3) is 5.29. The molecule has 0 saturated carbocycles. The Morgan fingerprint density at radius 2 is 1.89 bits per heavy atom. The fraction of sp³-hybridized carbons (Fsp3) is 0.333. The highest BCUT2D eigenvalue weighted by Crippen LogP contribution is 2.01. The Morgan fingerprint density at radius 3 is 2.50 bits per heavy atom. The molecular weight excluding hydrogens is 239 g/mol. The molecular formula is C12H15FN2O3. The number of halogens is 1. The summed E-state index contributed by atoms with van der Waals surface area (Å²) in [6.07, 6.45) is 0. The molecule has 0 heterocycles. The quantitative estimate of drug-likeness (QED) is 0.775. The minimum Gasteiger partial charge on any atom is -0.465 e. The average molecular weight is 254 g/mol. The van der Waals surface area contributed by atoms with Crippen LogP contribution < -0.4 is 10.6 Å². The summed E-state index contributed by atoms with van der Waals surface area (Å²) in [5.74, 6) is -0.819. The molecule has 5 nitrogen and oxygen atoms in total. The fourth-order valence-electron chi connectivity index (χ4n) is 1.21. The Bertz CT molecular complexity index is 406. The molecule has 2 N–H and O–H groups in total. The largest absolute Gasteiger partial charge is 0.465 e. The van der Waals surface area contributed by atoms with Crippen LogP contribution in [-0.4, -0.2) is 25.2 Å². The first kappa shape index (κ1) is 14.0. The number of nitrogens with one attached hydrogen (secondary N) is 2. The van der Waals surface area contributed by atoms with Crippen LogP contribution in [0, 0.1) is 5.82 Å². The van der Waals surface area contributed by atoms with Crippen LogP contribution in [0.2, 0.25) is 0 Å². The third-order valence-corrected chi connectivity index (χ3v) is 2.06. The first-order valence-corrected chi connectivity index (χ1v) is 5.53. The SMILES string of the molecule is CCOC(=O)CNC(=O)NCc1ccc(F)cc1. The second-order valence-corrected chi connectivity index (χ2v) is 3.47. The van der Waals surface area contributed by atoms with Crippen LogP contribution in [0.3, 0.4) is 0 Å². The van der Waals surface area contributed by atoms with Crippen molar-refractivity contribution in [1.82, 2.24) is 10.6 Å². The number of hydrogen-bond donors (Lipinski definition) is 2. The Hall–Kier alpha value is -2.11. The number of carbonyl (C=O) groups is 2. The zero-order valence-corrected chi connectivity index (χ0v) is 10.0. The minimum absolute atomic E-state index is 0.177. The molecule has 0 aliphatic carbocycles. The Morgan fingerprint density at radius 1 is 1.22 bits per heavy atom. The summed E-state index contributed by atoms with van der Waals surface area (Å²) in [4.78, 5) is 22.2. The van der Waals surface area contributed by atoms with Crippen LogP contribution >= 0.6 is 0 Å². The molecule has 0 spiro atoms. The molecule has 0 aromatic heterocycles. The fourth-order valence-corrected chi connectivity index (χ4v) is 1.21. The topological polar surface area (TPSA) is 67.4 Å². The summed E-state index contributed by atoms with van der Waals surface area (Å²) in [6.45, 7) is 2.04. The molecule has 0 saturated heterocycles. The van der Waals surface area contributed by atoms with Crippen LogP contribution in [0.15, 0.2) is 24.3 Å². The summed E-state index contributed by atoms with van der Waals surface area (Å²) in [6, 6.07) is 5.29. The summed E-state index contributed by atoms with van der Waals surface area (Å²) < 4.78 is 17.3. The molecule has 0 fully saturated rings. The molecule has 1 rings (SSSR count). The van der Waals surface area contributed by atoms with Crippen LogP contribution in [0.25, 0.3) is 0 Å². The molecule has 0 atom stereocenters. The van der Waals surface area contributed by atoms with Gasteiger partial charge in [-0.25, -0.2) is 9.18 Å². The van der Waals surface area contributed by atoms with E-state index in [1.807, 2.05) is 0 Å². The summed E-state index contributed by atoms with van der Waals surface area (Å²) in [7, 11) is 0. The minimum atomic E-state index is -0.491. The van der Waals surface area contributed by atoms with Gasteiger partial charge in [0.2, 0.25) is 0 Å². The third-order valence-electron chi connectivity index (χ3n) is 2.06. The van der Waals surface area contributed by atoms with Crippen molar-refractivity contribution in [2.45, 2.75) is 13.5 Å². The lowest BCUT2D eigenvalue weighted by Gasteiger charge is -2.07. The predicted molar refractivity (Wildman–Crippen MR) is 63.3 cm³/mol. The standard InChI is InChI=1S/C12H15FN2O3/c1-2-18-11(16)8-15-12(17)14-7-9-3-5-10(13)6-4-9/h3-6H,2,7-8H2,1H3,(H2,14,15,17). The van der Waals surface area contributed by atoms with Crippen molar-refractivity contribution in [3.05, 3.63) is 35.6 Å². The molecule has 1 aromatic rings. The monoisotopic (exact) mass is 254 g/mol. The molecule has 2 amide bonds. The van der Waals surface area contributed by atoms with Gasteiger partial charge in [-0.3, -0.25) is 4.79 Å². The number of amides is 2. The number of carbonyl (C=O) groups excluding carboxylic acids is 2. The van der Waals surface area contributed by atoms with E-state index in [2.05, 4.69) is 15.4 Å². The lowest BCUT2D eigenvalue weighted by atomic mass is 10.2. The molecule has 0 radical (unpaired) electrons. The van der Waals surface area contributed by atoms with Crippen LogP contribution in [0.5, 0.6) is 0 Å². The summed E-state index contributed by atoms with van der Waals surface area (Å²) in [5.41, 5.74) is 0.766. The van der Waals surface area contributed by atoms with Gasteiger partial charge in [-0.2, -0.15) is 0 Å². The Kier molecular flexibility index (Phi) is 5.63. The maximum atomic E-state index is 12.6. The molecule has 0 aliphatic rings. The summed E-state index contributed by atoms with van der Waals surface area (Å²) in [5, 5.41) is 4.89. The van der Waals surface area contributed by atoms with Gasteiger partial charge in [0.25, 0.3) is 0 Å². The zero-order chi connectivity index (χ0) is 13.4. The van der Waals surface area contributed by atoms with Crippen molar-refractivity contribution in [2.24, 2.45) is 0 Å². The van der Waals surface area contributed by atoms with Crippen LogP contribution in [0.4, 0.5) is 9.18 Å². The van der Waals surface area contributed by atoms with Crippen molar-refractivity contribution in [1.29, 1.82) is 0 Å². The van der Waals surface area contributed by atoms with Gasteiger partial charge in [-0.15, -0.1) is 0 Å². The normalized spacial score (nSPS) is 9.67. The van der Waals surface area contributed by atoms with Crippen molar-refractivity contribution in [3.63, 3.8) is 0 Å². The van der Waals surface area contributed by atoms with Crippen LogP contribution in [0.1, 0.15) is 12.5 Å². The van der Waals surface area contributed by atoms with Gasteiger partial charge in [0.15, 0.2) is 0 Å². The highest BCUT2D eigenvalue weighted by atomic mass is 19.1. The maximum absolute atomic E-state index is 12.6. The van der Waals surface area contributed by atoms with E-state index in [-0.39, 0.29) is 25.5 Å². The van der Waals surface area contributed by atoms with Crippen molar-refractivity contribution in [3.8, 4) is 0 Å². The Labute approximate surface area is 104 Å². The lowest BCUT2D eigenvalue weighted by Crippen LogP contribution is -2.38. The predicted octanol–water partition coefficient (Wildman–Crippen LogP) is 1.19. The van der Waals surface area contributed by atoms with E-state index in [0.717, 1.165) is 5.56 Å². The van der Waals surface area contributed by atoms with Crippen molar-refractivity contribution in [2.75, 3.05) is 13.2 Å². The van der Waals surface area contributed by atoms with E-state index in [0.29, 0.717) is 0 Å². The van der Waals surface area contributed by atoms with E-state index >= 15 is 0 Å². The van der Waals surface area contributed by atoms with E-state index in [9.17, 15) is 14.0 Å². The van der Waals surface area contributed by atoms with Crippen LogP contribution in [-0.2, 0) is 16.1 Å². The van der Waals surface area contributed by atoms with E-state index in [4.69, 9.17) is 0 Å². The molecule has 6 heteroatoms. The smallest absolute Gasteiger partial charge is 0.325 e. The molecule has 0 unspecified atom stereocenters. The second-order valence-electron chi connectivity index (χ2n) is 3.47. The molecule has 98 valence electrons. The summed E-state index contributed by atoms with van der Waals surface area (Å²) >= 11 is 0. The maximum Gasteiger partial charge on any atom is 0.325 e. The van der Waals surface area contributed by atoms with Gasteiger partial charge in [0, 0.05) is 6.54 Å². The van der Waals surface area contributed by atoms with Crippen molar-refractivity contribution >= 4 is 12.0 Å². The average Bonchev–Trinajstić information content (AvgIpc) is 2.36. The van der Waals surface area contributed by atoms with Crippen molar-refractivity contribution < 1.29 is 18.7 Å². The van der Waals surface area contributed by atoms with Gasteiger partial charge in [0.1, 0.15) is 12.4 Å². The molecule has 18 heavy (non-hydrogen) atoms. The first-order chi connectivity index (χ1) is 8.61. The van der Waals surface area contributed by atoms with Gasteiger partial charge in [-0.05, 0) is 24.6 Å². The molecule has 1 aromatic carbocycles. The second kappa shape index (κ2) is 7.26.